The fourth-order valence-electron chi connectivity index (χ4n) is 2.88. The topological polar surface area (TPSA) is 59.8 Å². The van der Waals surface area contributed by atoms with Crippen LogP contribution in [0, 0.1) is 6.92 Å². The van der Waals surface area contributed by atoms with Crippen LogP contribution in [0.2, 0.25) is 5.02 Å². The summed E-state index contributed by atoms with van der Waals surface area (Å²) >= 11 is 5.95. The Morgan fingerprint density at radius 3 is 2.34 bits per heavy atom. The second kappa shape index (κ2) is 8.29. The maximum Gasteiger partial charge on any atom is 0.281 e. The van der Waals surface area contributed by atoms with Gasteiger partial charge in [0.05, 0.1) is 0 Å². The number of hydrogen-bond acceptors (Lipinski definition) is 4. The van der Waals surface area contributed by atoms with Crippen molar-refractivity contribution in [3.8, 4) is 11.4 Å². The molecule has 0 aliphatic heterocycles. The van der Waals surface area contributed by atoms with Crippen LogP contribution < -0.4 is 5.32 Å². The second-order valence-electron chi connectivity index (χ2n) is 6.69. The Bertz CT molecular complexity index is 1120. The number of nitrogens with one attached hydrogen (secondary N) is 1. The van der Waals surface area contributed by atoms with E-state index in [9.17, 15) is 4.79 Å². The van der Waals surface area contributed by atoms with Crippen molar-refractivity contribution < 1.29 is 4.79 Å². The summed E-state index contributed by atoms with van der Waals surface area (Å²) in [7, 11) is 0. The normalized spacial score (nSPS) is 10.7. The summed E-state index contributed by atoms with van der Waals surface area (Å²) in [6.45, 7) is 2.55. The van der Waals surface area contributed by atoms with Crippen molar-refractivity contribution in [1.82, 2.24) is 14.8 Å². The van der Waals surface area contributed by atoms with Gasteiger partial charge in [0, 0.05) is 22.7 Å². The molecule has 5 nitrogen and oxygen atoms in total. The molecule has 6 heteroatoms. The van der Waals surface area contributed by atoms with Crippen LogP contribution in [0.1, 0.15) is 21.5 Å². The molecule has 0 atom stereocenters. The molecule has 0 spiro atoms. The van der Waals surface area contributed by atoms with Crippen molar-refractivity contribution in [1.29, 1.82) is 0 Å². The van der Waals surface area contributed by atoms with Gasteiger partial charge in [-0.1, -0.05) is 71.8 Å². The molecule has 29 heavy (non-hydrogen) atoms. The van der Waals surface area contributed by atoms with Gasteiger partial charge in [-0.15, -0.1) is 5.10 Å². The van der Waals surface area contributed by atoms with Crippen molar-refractivity contribution in [3.63, 3.8) is 0 Å². The minimum absolute atomic E-state index is 0.275. The molecule has 0 aliphatic rings. The molecule has 1 aromatic heterocycles. The number of halogens is 1. The first-order valence-corrected chi connectivity index (χ1v) is 9.60. The van der Waals surface area contributed by atoms with E-state index < -0.39 is 0 Å². The number of aromatic nitrogens is 3. The summed E-state index contributed by atoms with van der Waals surface area (Å²) in [6, 6.07) is 24.5. The molecule has 1 N–H and O–H groups in total. The maximum atomic E-state index is 13.1. The number of nitrogens with zero attached hydrogens (tertiary/aromatic N) is 3. The van der Waals surface area contributed by atoms with Gasteiger partial charge in [0.15, 0.2) is 5.82 Å². The van der Waals surface area contributed by atoms with Crippen LogP contribution in [-0.4, -0.2) is 20.7 Å². The maximum absolute atomic E-state index is 13.1. The standard InChI is InChI=1S/C23H19ClN4O/c1-16-7-9-18(10-8-16)21-26-23(25-15-17-5-3-2-4-6-17)28(27-21)22(29)19-11-13-20(24)14-12-19/h2-14H,15H2,1H3,(H,25,26,27). The zero-order valence-corrected chi connectivity index (χ0v) is 16.6. The van der Waals surface area contributed by atoms with E-state index in [1.807, 2.05) is 61.5 Å². The molecule has 0 saturated heterocycles. The van der Waals surface area contributed by atoms with Gasteiger partial charge in [0.2, 0.25) is 5.95 Å². The van der Waals surface area contributed by atoms with Gasteiger partial charge >= 0.3 is 0 Å². The van der Waals surface area contributed by atoms with E-state index in [1.54, 1.807) is 24.3 Å². The molecule has 144 valence electrons. The zero-order valence-electron chi connectivity index (χ0n) is 15.8. The first-order chi connectivity index (χ1) is 14.1. The SMILES string of the molecule is Cc1ccc(-c2nc(NCc3ccccc3)n(C(=O)c3ccc(Cl)cc3)n2)cc1. The van der Waals surface area contributed by atoms with Gasteiger partial charge in [0.25, 0.3) is 5.91 Å². The third-order valence-corrected chi connectivity index (χ3v) is 4.75. The monoisotopic (exact) mass is 402 g/mol. The lowest BCUT2D eigenvalue weighted by molar-refractivity contribution is 0.0947. The molecule has 0 bridgehead atoms. The van der Waals surface area contributed by atoms with Gasteiger partial charge in [-0.25, -0.2) is 0 Å². The van der Waals surface area contributed by atoms with Gasteiger partial charge in [-0.05, 0) is 36.8 Å². The average Bonchev–Trinajstić information content (AvgIpc) is 3.18. The number of aryl methyl sites for hydroxylation is 1. The number of carbonyl (C=O) groups excluding carboxylic acids is 1. The van der Waals surface area contributed by atoms with E-state index in [-0.39, 0.29) is 5.91 Å². The van der Waals surface area contributed by atoms with E-state index in [4.69, 9.17) is 11.6 Å². The predicted molar refractivity (Wildman–Crippen MR) is 115 cm³/mol. The summed E-state index contributed by atoms with van der Waals surface area (Å²) < 4.78 is 1.31. The number of anilines is 1. The van der Waals surface area contributed by atoms with Crippen molar-refractivity contribution in [2.45, 2.75) is 13.5 Å². The highest BCUT2D eigenvalue weighted by atomic mass is 35.5. The quantitative estimate of drug-likeness (QED) is 0.498. The Morgan fingerprint density at radius 2 is 1.66 bits per heavy atom. The third-order valence-electron chi connectivity index (χ3n) is 4.49. The molecule has 0 radical (unpaired) electrons. The minimum Gasteiger partial charge on any atom is -0.350 e. The molecule has 4 rings (SSSR count). The van der Waals surface area contributed by atoms with Crippen LogP contribution in [0.5, 0.6) is 0 Å². The lowest BCUT2D eigenvalue weighted by Gasteiger charge is -2.07. The van der Waals surface area contributed by atoms with E-state index in [2.05, 4.69) is 15.4 Å². The van der Waals surface area contributed by atoms with E-state index in [1.165, 1.54) is 4.68 Å². The van der Waals surface area contributed by atoms with E-state index >= 15 is 0 Å². The Balaban J connectivity index is 1.69. The Morgan fingerprint density at radius 1 is 0.966 bits per heavy atom. The van der Waals surface area contributed by atoms with Crippen LogP contribution in [0.4, 0.5) is 5.95 Å². The van der Waals surface area contributed by atoms with Crippen molar-refractivity contribution in [2.75, 3.05) is 5.32 Å². The largest absolute Gasteiger partial charge is 0.350 e. The first kappa shape index (κ1) is 18.9. The van der Waals surface area contributed by atoms with Crippen LogP contribution in [0.25, 0.3) is 11.4 Å². The summed E-state index contributed by atoms with van der Waals surface area (Å²) in [5.74, 6) is 0.607. The lowest BCUT2D eigenvalue weighted by Crippen LogP contribution is -2.17. The Hall–Kier alpha value is -3.44. The zero-order chi connectivity index (χ0) is 20.2. The van der Waals surface area contributed by atoms with Gasteiger partial charge in [0.1, 0.15) is 0 Å². The molecule has 0 amide bonds. The number of carbonyl (C=O) groups is 1. The summed E-state index contributed by atoms with van der Waals surface area (Å²) in [5.41, 5.74) is 3.56. The number of rotatable bonds is 5. The van der Waals surface area contributed by atoms with Crippen LogP contribution in [-0.2, 0) is 6.54 Å². The molecule has 0 aliphatic carbocycles. The average molecular weight is 403 g/mol. The number of hydrogen-bond donors (Lipinski definition) is 1. The van der Waals surface area contributed by atoms with Crippen molar-refractivity contribution >= 4 is 23.5 Å². The molecule has 0 unspecified atom stereocenters. The summed E-state index contributed by atoms with van der Waals surface area (Å²) in [4.78, 5) is 17.6. The highest BCUT2D eigenvalue weighted by molar-refractivity contribution is 6.30. The molecular weight excluding hydrogens is 384 g/mol. The highest BCUT2D eigenvalue weighted by Gasteiger charge is 2.18. The minimum atomic E-state index is -0.275. The van der Waals surface area contributed by atoms with E-state index in [0.717, 1.165) is 16.7 Å². The molecular formula is C23H19ClN4O. The van der Waals surface area contributed by atoms with Gasteiger partial charge in [-0.2, -0.15) is 9.67 Å². The van der Waals surface area contributed by atoms with Gasteiger partial charge in [-0.3, -0.25) is 4.79 Å². The highest BCUT2D eigenvalue weighted by Crippen LogP contribution is 2.20. The first-order valence-electron chi connectivity index (χ1n) is 9.22. The molecule has 3 aromatic carbocycles. The summed E-state index contributed by atoms with van der Waals surface area (Å²) in [5, 5.41) is 8.29. The molecule has 0 fully saturated rings. The Kier molecular flexibility index (Phi) is 5.40. The smallest absolute Gasteiger partial charge is 0.281 e. The molecule has 4 aromatic rings. The predicted octanol–water partition coefficient (Wildman–Crippen LogP) is 5.21. The fourth-order valence-corrected chi connectivity index (χ4v) is 3.01. The van der Waals surface area contributed by atoms with Crippen LogP contribution in [0.15, 0.2) is 78.9 Å². The molecule has 1 heterocycles. The van der Waals surface area contributed by atoms with Crippen molar-refractivity contribution in [3.05, 3.63) is 101 Å². The van der Waals surface area contributed by atoms with Crippen LogP contribution >= 0.6 is 11.6 Å². The summed E-state index contributed by atoms with van der Waals surface area (Å²) in [6.07, 6.45) is 0. The lowest BCUT2D eigenvalue weighted by atomic mass is 10.1. The second-order valence-corrected chi connectivity index (χ2v) is 7.12. The fraction of sp³-hybridized carbons (Fsp3) is 0.0870. The van der Waals surface area contributed by atoms with E-state index in [0.29, 0.717) is 28.9 Å². The van der Waals surface area contributed by atoms with Crippen LogP contribution in [0.3, 0.4) is 0 Å². The van der Waals surface area contributed by atoms with Gasteiger partial charge < -0.3 is 5.32 Å². The van der Waals surface area contributed by atoms with Crippen molar-refractivity contribution in [2.24, 2.45) is 0 Å². The molecule has 0 saturated carbocycles. The third kappa shape index (κ3) is 4.36. The Labute approximate surface area is 174 Å². The number of benzene rings is 3.